The number of aliphatic hydroxyl groups excluding tert-OH is 7. The van der Waals surface area contributed by atoms with Crippen molar-refractivity contribution in [1.29, 1.82) is 0 Å². The Balaban J connectivity index is 1.68. The van der Waals surface area contributed by atoms with Crippen molar-refractivity contribution in [3.63, 3.8) is 0 Å². The summed E-state index contributed by atoms with van der Waals surface area (Å²) in [5.74, 6) is 0. The lowest BCUT2D eigenvalue weighted by Gasteiger charge is -2.40. The highest BCUT2D eigenvalue weighted by atomic mass is 16.6. The minimum Gasteiger partial charge on any atom is -0.454 e. The molecule has 0 amide bonds. The maximum atomic E-state index is 10.0. The first-order valence-corrected chi connectivity index (χ1v) is 7.81. The van der Waals surface area contributed by atoms with Crippen LogP contribution in [0.2, 0.25) is 0 Å². The third kappa shape index (κ3) is 3.32. The zero-order chi connectivity index (χ0) is 18.3. The molecule has 2 saturated heterocycles. The van der Waals surface area contributed by atoms with E-state index in [2.05, 4.69) is 10.3 Å². The maximum Gasteiger partial charge on any atom is 0.289 e. The van der Waals surface area contributed by atoms with Gasteiger partial charge in [-0.05, 0) is 0 Å². The second-order valence-corrected chi connectivity index (χ2v) is 6.14. The lowest BCUT2D eigenvalue weighted by atomic mass is 9.98. The minimum absolute atomic E-state index is 0.191. The molecule has 12 heteroatoms. The van der Waals surface area contributed by atoms with Crippen LogP contribution in [0.5, 0.6) is 0 Å². The van der Waals surface area contributed by atoms with Gasteiger partial charge in [0.05, 0.1) is 13.2 Å². The quantitative estimate of drug-likeness (QED) is 0.237. The van der Waals surface area contributed by atoms with Gasteiger partial charge in [-0.2, -0.15) is 4.99 Å². The van der Waals surface area contributed by atoms with Gasteiger partial charge in [0.1, 0.15) is 42.7 Å². The molecule has 0 saturated carbocycles. The minimum atomic E-state index is -1.57. The number of nitrogens with one attached hydrogen (secondary N) is 1. The standard InChI is InChI=1S/C13H22N2O10/c16-1-3-5(18)7(20)9(22)11(23-3)14-13-15-12-10(25-13)8(21)6(19)4(2-17)24-12/h3-12,16-22H,1-2H2,(H,14,15)/t3-,4-,5-,6-,7+,8+,9-,10-,11-,12-/m1/s1. The molecule has 0 aromatic rings. The maximum absolute atomic E-state index is 10.0. The number of aliphatic hydroxyl groups is 7. The summed E-state index contributed by atoms with van der Waals surface area (Å²) in [4.78, 5) is 4.00. The zero-order valence-corrected chi connectivity index (χ0v) is 13.0. The van der Waals surface area contributed by atoms with E-state index in [0.29, 0.717) is 0 Å². The van der Waals surface area contributed by atoms with Crippen LogP contribution in [-0.4, -0.2) is 116 Å². The van der Waals surface area contributed by atoms with Gasteiger partial charge in [0.15, 0.2) is 18.6 Å². The monoisotopic (exact) mass is 366 g/mol. The van der Waals surface area contributed by atoms with Crippen LogP contribution in [0.1, 0.15) is 0 Å². The Morgan fingerprint density at radius 1 is 0.800 bits per heavy atom. The van der Waals surface area contributed by atoms with Crippen LogP contribution < -0.4 is 5.32 Å². The predicted octanol–water partition coefficient (Wildman–Crippen LogP) is -5.43. The topological polar surface area (TPSA) is 194 Å². The highest BCUT2D eigenvalue weighted by Crippen LogP contribution is 2.28. The molecule has 0 unspecified atom stereocenters. The number of hydrogen-bond acceptors (Lipinski definition) is 12. The van der Waals surface area contributed by atoms with Gasteiger partial charge >= 0.3 is 0 Å². The van der Waals surface area contributed by atoms with Gasteiger partial charge in [0.2, 0.25) is 0 Å². The Bertz CT molecular complexity index is 505. The summed E-state index contributed by atoms with van der Waals surface area (Å²) in [7, 11) is 0. The normalized spacial score (nSPS) is 50.0. The van der Waals surface area contributed by atoms with Crippen LogP contribution in [0, 0.1) is 0 Å². The summed E-state index contributed by atoms with van der Waals surface area (Å²) < 4.78 is 15.9. The number of aliphatic imine (C=N–C) groups is 1. The Morgan fingerprint density at radius 2 is 1.40 bits per heavy atom. The molecule has 0 aliphatic carbocycles. The first kappa shape index (κ1) is 18.7. The van der Waals surface area contributed by atoms with E-state index in [4.69, 9.17) is 24.4 Å². The molecule has 2 fully saturated rings. The first-order chi connectivity index (χ1) is 11.9. The number of amidine groups is 1. The fourth-order valence-electron chi connectivity index (χ4n) is 2.99. The molecule has 0 bridgehead atoms. The van der Waals surface area contributed by atoms with Crippen molar-refractivity contribution in [2.75, 3.05) is 13.2 Å². The Morgan fingerprint density at radius 3 is 2.04 bits per heavy atom. The Kier molecular flexibility index (Phi) is 5.43. The molecule has 25 heavy (non-hydrogen) atoms. The van der Waals surface area contributed by atoms with Gasteiger partial charge in [-0.15, -0.1) is 0 Å². The Labute approximate surface area is 141 Å². The SMILES string of the molecule is OC[C@H]1O[C@@H](NC2=N[C@@H]3O[C@H](CO)[C@@H](O)[C@H](O)[C@H]3O2)[C@H](O)[C@@H](O)[C@@H]1O. The predicted molar refractivity (Wildman–Crippen MR) is 77.0 cm³/mol. The fourth-order valence-corrected chi connectivity index (χ4v) is 2.99. The van der Waals surface area contributed by atoms with Crippen LogP contribution in [0.3, 0.4) is 0 Å². The summed E-state index contributed by atoms with van der Waals surface area (Å²) in [6.07, 6.45) is -12.8. The number of fused-ring (bicyclic) bond motifs is 1. The fraction of sp³-hybridized carbons (Fsp3) is 0.923. The summed E-state index contributed by atoms with van der Waals surface area (Å²) in [5.41, 5.74) is 0. The van der Waals surface area contributed by atoms with Crippen LogP contribution in [0.4, 0.5) is 0 Å². The molecule has 3 heterocycles. The van der Waals surface area contributed by atoms with Crippen LogP contribution in [-0.2, 0) is 14.2 Å². The van der Waals surface area contributed by atoms with E-state index in [1.54, 1.807) is 0 Å². The van der Waals surface area contributed by atoms with E-state index in [1.165, 1.54) is 0 Å². The van der Waals surface area contributed by atoms with E-state index in [1.807, 2.05) is 0 Å². The molecule has 3 aliphatic heterocycles. The van der Waals surface area contributed by atoms with Crippen molar-refractivity contribution in [3.05, 3.63) is 0 Å². The van der Waals surface area contributed by atoms with Crippen molar-refractivity contribution in [2.45, 2.75) is 61.3 Å². The average molecular weight is 366 g/mol. The summed E-state index contributed by atoms with van der Waals surface area (Å²) in [6.45, 7) is -1.11. The van der Waals surface area contributed by atoms with E-state index >= 15 is 0 Å². The van der Waals surface area contributed by atoms with E-state index in [-0.39, 0.29) is 6.02 Å². The van der Waals surface area contributed by atoms with E-state index < -0.39 is 74.5 Å². The van der Waals surface area contributed by atoms with Gasteiger partial charge in [0.25, 0.3) is 6.02 Å². The van der Waals surface area contributed by atoms with Crippen LogP contribution in [0.15, 0.2) is 4.99 Å². The molecule has 10 atom stereocenters. The highest BCUT2D eigenvalue weighted by Gasteiger charge is 2.50. The number of hydrogen-bond donors (Lipinski definition) is 8. The third-order valence-corrected chi connectivity index (χ3v) is 4.49. The van der Waals surface area contributed by atoms with E-state index in [0.717, 1.165) is 0 Å². The number of rotatable bonds is 3. The number of nitrogens with zero attached hydrogens (tertiary/aromatic N) is 1. The smallest absolute Gasteiger partial charge is 0.289 e. The summed E-state index contributed by atoms with van der Waals surface area (Å²) in [5, 5.41) is 70.2. The van der Waals surface area contributed by atoms with Crippen molar-refractivity contribution < 1.29 is 50.0 Å². The van der Waals surface area contributed by atoms with Crippen LogP contribution >= 0.6 is 0 Å². The van der Waals surface area contributed by atoms with Gasteiger partial charge in [-0.3, -0.25) is 0 Å². The molecule has 144 valence electrons. The zero-order valence-electron chi connectivity index (χ0n) is 13.0. The van der Waals surface area contributed by atoms with Crippen molar-refractivity contribution in [2.24, 2.45) is 4.99 Å². The third-order valence-electron chi connectivity index (χ3n) is 4.49. The first-order valence-electron chi connectivity index (χ1n) is 7.81. The van der Waals surface area contributed by atoms with Crippen molar-refractivity contribution >= 4 is 6.02 Å². The van der Waals surface area contributed by atoms with Gasteiger partial charge < -0.3 is 55.3 Å². The summed E-state index contributed by atoms with van der Waals surface area (Å²) in [6, 6.07) is -0.191. The number of ether oxygens (including phenoxy) is 3. The Hall–Kier alpha value is -1.09. The lowest BCUT2D eigenvalue weighted by Crippen LogP contribution is -2.63. The average Bonchev–Trinajstić information content (AvgIpc) is 3.01. The van der Waals surface area contributed by atoms with Gasteiger partial charge in [0, 0.05) is 0 Å². The molecule has 0 spiro atoms. The molecule has 8 N–H and O–H groups in total. The van der Waals surface area contributed by atoms with Crippen molar-refractivity contribution in [1.82, 2.24) is 5.32 Å². The largest absolute Gasteiger partial charge is 0.454 e. The van der Waals surface area contributed by atoms with E-state index in [9.17, 15) is 25.5 Å². The van der Waals surface area contributed by atoms with Gasteiger partial charge in [-0.1, -0.05) is 0 Å². The molecule has 3 rings (SSSR count). The second kappa shape index (κ2) is 7.26. The van der Waals surface area contributed by atoms with Crippen LogP contribution in [0.25, 0.3) is 0 Å². The molecule has 0 aromatic carbocycles. The summed E-state index contributed by atoms with van der Waals surface area (Å²) >= 11 is 0. The molecule has 3 aliphatic rings. The second-order valence-electron chi connectivity index (χ2n) is 6.14. The molecular formula is C13H22N2O10. The van der Waals surface area contributed by atoms with Gasteiger partial charge in [-0.25, -0.2) is 0 Å². The lowest BCUT2D eigenvalue weighted by molar-refractivity contribution is -0.234. The molecule has 12 nitrogen and oxygen atoms in total. The molecule has 0 radical (unpaired) electrons. The highest BCUT2D eigenvalue weighted by molar-refractivity contribution is 5.76. The van der Waals surface area contributed by atoms with Crippen molar-refractivity contribution in [3.8, 4) is 0 Å². The molecular weight excluding hydrogens is 344 g/mol. The molecule has 0 aromatic heterocycles.